The number of nitrogens with zero attached hydrogens (tertiary/aromatic N) is 1. The third-order valence-electron chi connectivity index (χ3n) is 1.81. The Bertz CT molecular complexity index is 425. The highest BCUT2D eigenvalue weighted by Gasteiger charge is 2.12. The predicted molar refractivity (Wildman–Crippen MR) is 69.7 cm³/mol. The predicted octanol–water partition coefficient (Wildman–Crippen LogP) is 2.90. The molecule has 16 heavy (non-hydrogen) atoms. The summed E-state index contributed by atoms with van der Waals surface area (Å²) in [6, 6.07) is 5.11. The Morgan fingerprint density at radius 2 is 2.19 bits per heavy atom. The van der Waals surface area contributed by atoms with Crippen molar-refractivity contribution in [3.8, 4) is 0 Å². The number of rotatable bonds is 4. The highest BCUT2D eigenvalue weighted by molar-refractivity contribution is 14.1. The SMILES string of the molecule is CC(C)=NOCc1c(I)cccc1C(=O)O. The first-order valence-corrected chi connectivity index (χ1v) is 5.74. The molecule has 0 saturated heterocycles. The van der Waals surface area contributed by atoms with E-state index in [-0.39, 0.29) is 12.2 Å². The molecular formula is C11H12INO3. The van der Waals surface area contributed by atoms with E-state index in [1.165, 1.54) is 0 Å². The Hall–Kier alpha value is -1.11. The normalized spacial score (nSPS) is 9.69. The lowest BCUT2D eigenvalue weighted by atomic mass is 10.1. The van der Waals surface area contributed by atoms with Gasteiger partial charge in [-0.1, -0.05) is 11.2 Å². The van der Waals surface area contributed by atoms with Crippen molar-refractivity contribution in [2.75, 3.05) is 0 Å². The highest BCUT2D eigenvalue weighted by atomic mass is 127. The molecular weight excluding hydrogens is 321 g/mol. The highest BCUT2D eigenvalue weighted by Crippen LogP contribution is 2.18. The second-order valence-corrected chi connectivity index (χ2v) is 4.55. The number of carboxylic acid groups (broad SMARTS) is 1. The van der Waals surface area contributed by atoms with Crippen LogP contribution in [-0.4, -0.2) is 16.8 Å². The van der Waals surface area contributed by atoms with Gasteiger partial charge in [0.25, 0.3) is 0 Å². The van der Waals surface area contributed by atoms with Gasteiger partial charge in [0.1, 0.15) is 6.61 Å². The van der Waals surface area contributed by atoms with Gasteiger partial charge in [0.2, 0.25) is 0 Å². The van der Waals surface area contributed by atoms with Gasteiger partial charge < -0.3 is 9.94 Å². The molecule has 0 atom stereocenters. The minimum atomic E-state index is -0.950. The van der Waals surface area contributed by atoms with E-state index in [0.717, 1.165) is 9.28 Å². The van der Waals surface area contributed by atoms with Crippen LogP contribution in [0.4, 0.5) is 0 Å². The minimum absolute atomic E-state index is 0.173. The summed E-state index contributed by atoms with van der Waals surface area (Å²) in [6.45, 7) is 3.80. The van der Waals surface area contributed by atoms with E-state index in [1.54, 1.807) is 12.1 Å². The summed E-state index contributed by atoms with van der Waals surface area (Å²) in [6.07, 6.45) is 0. The largest absolute Gasteiger partial charge is 0.478 e. The molecule has 0 saturated carbocycles. The summed E-state index contributed by atoms with van der Waals surface area (Å²) in [5.74, 6) is -0.950. The number of hydrogen-bond donors (Lipinski definition) is 1. The van der Waals surface area contributed by atoms with Gasteiger partial charge in [-0.15, -0.1) is 0 Å². The van der Waals surface area contributed by atoms with Gasteiger partial charge in [0.15, 0.2) is 0 Å². The van der Waals surface area contributed by atoms with Gasteiger partial charge in [-0.25, -0.2) is 4.79 Å². The molecule has 1 N–H and O–H groups in total. The minimum Gasteiger partial charge on any atom is -0.478 e. The molecule has 86 valence electrons. The second kappa shape index (κ2) is 5.83. The number of carbonyl (C=O) groups is 1. The lowest BCUT2D eigenvalue weighted by Gasteiger charge is -2.07. The average molecular weight is 333 g/mol. The van der Waals surface area contributed by atoms with E-state index in [9.17, 15) is 4.79 Å². The first-order valence-electron chi connectivity index (χ1n) is 4.66. The molecule has 0 heterocycles. The Balaban J connectivity index is 2.93. The van der Waals surface area contributed by atoms with Crippen LogP contribution in [0.5, 0.6) is 0 Å². The average Bonchev–Trinajstić information content (AvgIpc) is 2.19. The fourth-order valence-electron chi connectivity index (χ4n) is 1.13. The van der Waals surface area contributed by atoms with Crippen LogP contribution in [-0.2, 0) is 11.4 Å². The standard InChI is InChI=1S/C11H12INO3/c1-7(2)13-16-6-9-8(11(14)15)4-3-5-10(9)12/h3-5H,6H2,1-2H3,(H,14,15). The number of aromatic carboxylic acids is 1. The Morgan fingerprint density at radius 3 is 2.75 bits per heavy atom. The number of hydrogen-bond acceptors (Lipinski definition) is 3. The molecule has 5 heteroatoms. The molecule has 0 aliphatic carbocycles. The molecule has 0 spiro atoms. The van der Waals surface area contributed by atoms with Crippen molar-refractivity contribution in [3.05, 3.63) is 32.9 Å². The molecule has 1 aromatic carbocycles. The van der Waals surface area contributed by atoms with Crippen molar-refractivity contribution < 1.29 is 14.7 Å². The van der Waals surface area contributed by atoms with Crippen molar-refractivity contribution in [2.24, 2.45) is 5.16 Å². The third-order valence-corrected chi connectivity index (χ3v) is 2.82. The third kappa shape index (κ3) is 3.48. The molecule has 0 amide bonds. The molecule has 0 bridgehead atoms. The summed E-state index contributed by atoms with van der Waals surface area (Å²) in [5.41, 5.74) is 1.71. The maximum Gasteiger partial charge on any atom is 0.336 e. The van der Waals surface area contributed by atoms with Crippen molar-refractivity contribution in [2.45, 2.75) is 20.5 Å². The van der Waals surface area contributed by atoms with E-state index < -0.39 is 5.97 Å². The van der Waals surface area contributed by atoms with Gasteiger partial charge in [-0.3, -0.25) is 0 Å². The Kier molecular flexibility index (Phi) is 4.72. The summed E-state index contributed by atoms with van der Waals surface area (Å²) in [4.78, 5) is 16.0. The van der Waals surface area contributed by atoms with Gasteiger partial charge in [-0.2, -0.15) is 0 Å². The lowest BCUT2D eigenvalue weighted by Crippen LogP contribution is -2.05. The van der Waals surface area contributed by atoms with Crippen molar-refractivity contribution in [1.29, 1.82) is 0 Å². The van der Waals surface area contributed by atoms with Crippen LogP contribution in [0.25, 0.3) is 0 Å². The van der Waals surface area contributed by atoms with Crippen LogP contribution in [0.15, 0.2) is 23.4 Å². The number of halogens is 1. The zero-order chi connectivity index (χ0) is 12.1. The fraction of sp³-hybridized carbons (Fsp3) is 0.273. The molecule has 0 unspecified atom stereocenters. The maximum atomic E-state index is 11.0. The van der Waals surface area contributed by atoms with Crippen molar-refractivity contribution in [1.82, 2.24) is 0 Å². The smallest absolute Gasteiger partial charge is 0.336 e. The Labute approximate surface area is 107 Å². The first-order chi connectivity index (χ1) is 7.52. The van der Waals surface area contributed by atoms with Crippen LogP contribution >= 0.6 is 22.6 Å². The van der Waals surface area contributed by atoms with E-state index in [0.29, 0.717) is 5.56 Å². The van der Waals surface area contributed by atoms with E-state index in [1.807, 2.05) is 19.9 Å². The van der Waals surface area contributed by atoms with Crippen LogP contribution in [0.1, 0.15) is 29.8 Å². The maximum absolute atomic E-state index is 11.0. The van der Waals surface area contributed by atoms with E-state index in [4.69, 9.17) is 9.94 Å². The molecule has 0 aromatic heterocycles. The fourth-order valence-corrected chi connectivity index (χ4v) is 1.79. The van der Waals surface area contributed by atoms with Crippen LogP contribution < -0.4 is 0 Å². The molecule has 0 aliphatic rings. The van der Waals surface area contributed by atoms with Gasteiger partial charge in [0.05, 0.1) is 11.3 Å². The summed E-state index contributed by atoms with van der Waals surface area (Å²) < 4.78 is 0.862. The van der Waals surface area contributed by atoms with Crippen LogP contribution in [0, 0.1) is 3.57 Å². The summed E-state index contributed by atoms with van der Waals surface area (Å²) >= 11 is 2.08. The van der Waals surface area contributed by atoms with E-state index in [2.05, 4.69) is 27.7 Å². The Morgan fingerprint density at radius 1 is 1.50 bits per heavy atom. The molecule has 1 aromatic rings. The first kappa shape index (κ1) is 13.0. The zero-order valence-electron chi connectivity index (χ0n) is 9.03. The van der Waals surface area contributed by atoms with Crippen molar-refractivity contribution in [3.63, 3.8) is 0 Å². The lowest BCUT2D eigenvalue weighted by molar-refractivity contribution is 0.0688. The molecule has 1 rings (SSSR count). The summed E-state index contributed by atoms with van der Waals surface area (Å²) in [7, 11) is 0. The van der Waals surface area contributed by atoms with Crippen LogP contribution in [0.3, 0.4) is 0 Å². The number of carboxylic acids is 1. The molecule has 0 radical (unpaired) electrons. The number of oxime groups is 1. The van der Waals surface area contributed by atoms with Crippen LogP contribution in [0.2, 0.25) is 0 Å². The van der Waals surface area contributed by atoms with E-state index >= 15 is 0 Å². The van der Waals surface area contributed by atoms with Gasteiger partial charge in [-0.05, 0) is 48.6 Å². The van der Waals surface area contributed by atoms with Gasteiger partial charge >= 0.3 is 5.97 Å². The molecule has 0 fully saturated rings. The topological polar surface area (TPSA) is 58.9 Å². The number of benzene rings is 1. The molecule has 0 aliphatic heterocycles. The second-order valence-electron chi connectivity index (χ2n) is 3.38. The zero-order valence-corrected chi connectivity index (χ0v) is 11.2. The summed E-state index contributed by atoms with van der Waals surface area (Å²) in [5, 5.41) is 12.8. The van der Waals surface area contributed by atoms with Gasteiger partial charge in [0, 0.05) is 9.13 Å². The quantitative estimate of drug-likeness (QED) is 0.524. The van der Waals surface area contributed by atoms with Crippen molar-refractivity contribution >= 4 is 34.3 Å². The molecule has 4 nitrogen and oxygen atoms in total. The monoisotopic (exact) mass is 333 g/mol.